The minimum absolute atomic E-state index is 0.288. The lowest BCUT2D eigenvalue weighted by atomic mass is 9.98. The van der Waals surface area contributed by atoms with Gasteiger partial charge in [0.05, 0.1) is 5.75 Å². The summed E-state index contributed by atoms with van der Waals surface area (Å²) in [4.78, 5) is 0. The molecule has 1 aliphatic rings. The van der Waals surface area contributed by atoms with Gasteiger partial charge in [-0.2, -0.15) is 0 Å². The van der Waals surface area contributed by atoms with E-state index in [-0.39, 0.29) is 5.75 Å². The van der Waals surface area contributed by atoms with E-state index >= 15 is 0 Å². The van der Waals surface area contributed by atoms with Gasteiger partial charge in [-0.1, -0.05) is 31.2 Å². The van der Waals surface area contributed by atoms with Crippen molar-refractivity contribution in [1.29, 1.82) is 0 Å². The lowest BCUT2D eigenvalue weighted by molar-refractivity contribution is 0.379. The quantitative estimate of drug-likeness (QED) is 0.870. The van der Waals surface area contributed by atoms with Crippen LogP contribution in [-0.4, -0.2) is 27.0 Å². The van der Waals surface area contributed by atoms with Crippen molar-refractivity contribution in [2.75, 3.05) is 18.6 Å². The van der Waals surface area contributed by atoms with Gasteiger partial charge < -0.3 is 5.32 Å². The average Bonchev–Trinajstić information content (AvgIpc) is 2.71. The SMILES string of the molecule is CCCNC1c2ccccc2CC1CCS(C)(=O)=O. The fraction of sp³-hybridized carbons (Fsp3) is 0.600. The molecule has 2 rings (SSSR count). The van der Waals surface area contributed by atoms with Crippen molar-refractivity contribution in [1.82, 2.24) is 5.32 Å². The highest BCUT2D eigenvalue weighted by molar-refractivity contribution is 7.90. The maximum atomic E-state index is 11.4. The summed E-state index contributed by atoms with van der Waals surface area (Å²) in [6, 6.07) is 8.78. The first-order valence-electron chi connectivity index (χ1n) is 7.00. The standard InChI is InChI=1S/C15H23NO2S/c1-3-9-16-15-13(8-10-19(2,17)18)11-12-6-4-5-7-14(12)15/h4-7,13,15-16H,3,8-11H2,1-2H3. The van der Waals surface area contributed by atoms with Gasteiger partial charge in [0, 0.05) is 12.3 Å². The molecule has 0 radical (unpaired) electrons. The molecule has 19 heavy (non-hydrogen) atoms. The van der Waals surface area contributed by atoms with E-state index in [4.69, 9.17) is 0 Å². The molecular weight excluding hydrogens is 258 g/mol. The second kappa shape index (κ2) is 6.06. The van der Waals surface area contributed by atoms with E-state index in [1.807, 2.05) is 0 Å². The molecule has 0 saturated heterocycles. The predicted octanol–water partition coefficient (Wildman–Crippen LogP) is 2.33. The molecule has 3 nitrogen and oxygen atoms in total. The summed E-state index contributed by atoms with van der Waals surface area (Å²) in [5.74, 6) is 0.689. The maximum Gasteiger partial charge on any atom is 0.147 e. The topological polar surface area (TPSA) is 46.2 Å². The summed E-state index contributed by atoms with van der Waals surface area (Å²) in [6.07, 6.45) is 4.16. The van der Waals surface area contributed by atoms with Gasteiger partial charge in [0.2, 0.25) is 0 Å². The molecule has 2 unspecified atom stereocenters. The highest BCUT2D eigenvalue weighted by atomic mass is 32.2. The first kappa shape index (κ1) is 14.5. The molecule has 106 valence electrons. The third-order valence-electron chi connectivity index (χ3n) is 3.82. The normalized spacial score (nSPS) is 22.4. The largest absolute Gasteiger partial charge is 0.310 e. The van der Waals surface area contributed by atoms with E-state index in [0.717, 1.165) is 25.8 Å². The van der Waals surface area contributed by atoms with Crippen molar-refractivity contribution in [3.05, 3.63) is 35.4 Å². The Hall–Kier alpha value is -0.870. The van der Waals surface area contributed by atoms with Crippen molar-refractivity contribution in [2.45, 2.75) is 32.2 Å². The maximum absolute atomic E-state index is 11.4. The molecule has 1 aromatic carbocycles. The lowest BCUT2D eigenvalue weighted by Crippen LogP contribution is -2.27. The van der Waals surface area contributed by atoms with Crippen molar-refractivity contribution < 1.29 is 8.42 Å². The molecule has 0 heterocycles. The van der Waals surface area contributed by atoms with Gasteiger partial charge in [0.1, 0.15) is 9.84 Å². The van der Waals surface area contributed by atoms with Gasteiger partial charge in [-0.25, -0.2) is 8.42 Å². The first-order chi connectivity index (χ1) is 9.01. The minimum atomic E-state index is -2.87. The van der Waals surface area contributed by atoms with E-state index in [9.17, 15) is 8.42 Å². The molecule has 0 spiro atoms. The van der Waals surface area contributed by atoms with Gasteiger partial charge >= 0.3 is 0 Å². The van der Waals surface area contributed by atoms with E-state index in [2.05, 4.69) is 36.5 Å². The molecular formula is C15H23NO2S. The molecule has 0 fully saturated rings. The van der Waals surface area contributed by atoms with Crippen LogP contribution in [0.5, 0.6) is 0 Å². The van der Waals surface area contributed by atoms with Crippen molar-refractivity contribution in [3.8, 4) is 0 Å². The number of nitrogens with one attached hydrogen (secondary N) is 1. The molecule has 0 saturated carbocycles. The number of hydrogen-bond donors (Lipinski definition) is 1. The van der Waals surface area contributed by atoms with Crippen molar-refractivity contribution >= 4 is 9.84 Å². The Morgan fingerprint density at radius 1 is 1.32 bits per heavy atom. The fourth-order valence-electron chi connectivity index (χ4n) is 2.89. The van der Waals surface area contributed by atoms with E-state index in [1.165, 1.54) is 17.4 Å². The van der Waals surface area contributed by atoms with Crippen LogP contribution in [-0.2, 0) is 16.3 Å². The Morgan fingerprint density at radius 3 is 2.74 bits per heavy atom. The van der Waals surface area contributed by atoms with E-state index in [0.29, 0.717) is 12.0 Å². The van der Waals surface area contributed by atoms with Gasteiger partial charge in [-0.05, 0) is 42.9 Å². The lowest BCUT2D eigenvalue weighted by Gasteiger charge is -2.21. The third-order valence-corrected chi connectivity index (χ3v) is 4.79. The van der Waals surface area contributed by atoms with E-state index < -0.39 is 9.84 Å². The number of benzene rings is 1. The van der Waals surface area contributed by atoms with Crippen LogP contribution in [0, 0.1) is 5.92 Å². The zero-order chi connectivity index (χ0) is 13.9. The molecule has 1 aromatic rings. The molecule has 0 aromatic heterocycles. The van der Waals surface area contributed by atoms with Crippen LogP contribution in [0.15, 0.2) is 24.3 Å². The summed E-state index contributed by atoms with van der Waals surface area (Å²) in [5.41, 5.74) is 2.73. The Bertz CT molecular complexity index is 525. The van der Waals surface area contributed by atoms with Crippen LogP contribution in [0.4, 0.5) is 0 Å². The van der Waals surface area contributed by atoms with Gasteiger partial charge in [-0.3, -0.25) is 0 Å². The molecule has 0 bridgehead atoms. The van der Waals surface area contributed by atoms with Crippen LogP contribution in [0.2, 0.25) is 0 Å². The first-order valence-corrected chi connectivity index (χ1v) is 9.06. The number of rotatable bonds is 6. The van der Waals surface area contributed by atoms with E-state index in [1.54, 1.807) is 0 Å². The zero-order valence-electron chi connectivity index (χ0n) is 11.7. The summed E-state index contributed by atoms with van der Waals surface area (Å²) in [7, 11) is -2.87. The van der Waals surface area contributed by atoms with Crippen molar-refractivity contribution in [3.63, 3.8) is 0 Å². The Balaban J connectivity index is 2.11. The van der Waals surface area contributed by atoms with Crippen LogP contribution >= 0.6 is 0 Å². The Kier molecular flexibility index (Phi) is 4.63. The van der Waals surface area contributed by atoms with Gasteiger partial charge in [-0.15, -0.1) is 0 Å². The Labute approximate surface area is 116 Å². The molecule has 1 N–H and O–H groups in total. The monoisotopic (exact) mass is 281 g/mol. The smallest absolute Gasteiger partial charge is 0.147 e. The predicted molar refractivity (Wildman–Crippen MR) is 79.0 cm³/mol. The van der Waals surface area contributed by atoms with Gasteiger partial charge in [0.15, 0.2) is 0 Å². The molecule has 0 aliphatic heterocycles. The minimum Gasteiger partial charge on any atom is -0.310 e. The summed E-state index contributed by atoms with van der Waals surface area (Å²) in [6.45, 7) is 3.13. The molecule has 4 heteroatoms. The summed E-state index contributed by atoms with van der Waals surface area (Å²) < 4.78 is 22.7. The zero-order valence-corrected chi connectivity index (χ0v) is 12.5. The number of hydrogen-bond acceptors (Lipinski definition) is 3. The molecule has 1 aliphatic carbocycles. The molecule has 0 amide bonds. The van der Waals surface area contributed by atoms with Crippen molar-refractivity contribution in [2.24, 2.45) is 5.92 Å². The third kappa shape index (κ3) is 3.80. The highest BCUT2D eigenvalue weighted by Crippen LogP contribution is 2.37. The summed E-state index contributed by atoms with van der Waals surface area (Å²) >= 11 is 0. The number of sulfone groups is 1. The summed E-state index contributed by atoms with van der Waals surface area (Å²) in [5, 5.41) is 3.58. The van der Waals surface area contributed by atoms with Gasteiger partial charge in [0.25, 0.3) is 0 Å². The van der Waals surface area contributed by atoms with Crippen LogP contribution in [0.1, 0.15) is 36.9 Å². The van der Waals surface area contributed by atoms with Crippen LogP contribution in [0.25, 0.3) is 0 Å². The van der Waals surface area contributed by atoms with Crippen LogP contribution < -0.4 is 5.32 Å². The average molecular weight is 281 g/mol. The second-order valence-electron chi connectivity index (χ2n) is 5.51. The fourth-order valence-corrected chi connectivity index (χ4v) is 3.62. The van der Waals surface area contributed by atoms with Crippen LogP contribution in [0.3, 0.4) is 0 Å². The highest BCUT2D eigenvalue weighted by Gasteiger charge is 2.31. The molecule has 2 atom stereocenters. The Morgan fingerprint density at radius 2 is 2.05 bits per heavy atom. The number of fused-ring (bicyclic) bond motifs is 1. The second-order valence-corrected chi connectivity index (χ2v) is 7.77.